The SMILES string of the molecule is COc1ccc(/C(O)=C2/C(=O)C(=O)N(c3nnc(SCc4cccc5ccccc45)s3)C2c2cccc(Oc3ccccc3)c2)cc1OC. The van der Waals surface area contributed by atoms with E-state index in [1.807, 2.05) is 48.5 Å². The molecule has 244 valence electrons. The lowest BCUT2D eigenvalue weighted by Gasteiger charge is -2.23. The number of methoxy groups -OCH3 is 2. The van der Waals surface area contributed by atoms with Crippen molar-refractivity contribution in [3.63, 3.8) is 0 Å². The predicted octanol–water partition coefficient (Wildman–Crippen LogP) is 8.42. The Morgan fingerprint density at radius 1 is 0.816 bits per heavy atom. The molecule has 1 fully saturated rings. The maximum atomic E-state index is 13.9. The van der Waals surface area contributed by atoms with Crippen LogP contribution in [0.1, 0.15) is 22.7 Å². The highest BCUT2D eigenvalue weighted by atomic mass is 32.2. The minimum absolute atomic E-state index is 0.103. The first-order chi connectivity index (χ1) is 23.9. The monoisotopic (exact) mass is 687 g/mol. The van der Waals surface area contributed by atoms with Gasteiger partial charge in [-0.1, -0.05) is 95.9 Å². The highest BCUT2D eigenvalue weighted by molar-refractivity contribution is 8.00. The number of nitrogens with zero attached hydrogens (tertiary/aromatic N) is 3. The van der Waals surface area contributed by atoms with Gasteiger partial charge in [0.1, 0.15) is 17.3 Å². The van der Waals surface area contributed by atoms with Gasteiger partial charge in [-0.15, -0.1) is 10.2 Å². The number of thioether (sulfide) groups is 1. The van der Waals surface area contributed by atoms with Crippen LogP contribution in [0.4, 0.5) is 5.13 Å². The van der Waals surface area contributed by atoms with E-state index in [1.54, 1.807) is 42.5 Å². The molecule has 1 aliphatic heterocycles. The summed E-state index contributed by atoms with van der Waals surface area (Å²) in [5.74, 6) is 0.499. The number of aliphatic hydroxyl groups is 1. The molecule has 1 amide bonds. The summed E-state index contributed by atoms with van der Waals surface area (Å²) in [6, 6.07) is 34.5. The van der Waals surface area contributed by atoms with Crippen LogP contribution < -0.4 is 19.1 Å². The van der Waals surface area contributed by atoms with Gasteiger partial charge >= 0.3 is 5.91 Å². The molecule has 0 saturated carbocycles. The number of rotatable bonds is 10. The lowest BCUT2D eigenvalue weighted by molar-refractivity contribution is -0.132. The Kier molecular flexibility index (Phi) is 9.01. The molecule has 11 heteroatoms. The Morgan fingerprint density at radius 2 is 1.55 bits per heavy atom. The predicted molar refractivity (Wildman–Crippen MR) is 191 cm³/mol. The number of hydrogen-bond acceptors (Lipinski definition) is 10. The zero-order valence-corrected chi connectivity index (χ0v) is 28.0. The summed E-state index contributed by atoms with van der Waals surface area (Å²) in [5, 5.41) is 23.0. The van der Waals surface area contributed by atoms with Crippen molar-refractivity contribution < 1.29 is 28.9 Å². The lowest BCUT2D eigenvalue weighted by atomic mass is 9.95. The molecule has 1 aromatic heterocycles. The molecule has 1 saturated heterocycles. The number of carbonyl (C=O) groups excluding carboxylic acids is 2. The van der Waals surface area contributed by atoms with Crippen LogP contribution in [0.25, 0.3) is 16.5 Å². The Balaban J connectivity index is 1.28. The second-order valence-corrected chi connectivity index (χ2v) is 13.2. The highest BCUT2D eigenvalue weighted by Crippen LogP contribution is 2.45. The van der Waals surface area contributed by atoms with Crippen LogP contribution in [-0.2, 0) is 15.3 Å². The van der Waals surface area contributed by atoms with Gasteiger partial charge in [-0.3, -0.25) is 14.5 Å². The van der Waals surface area contributed by atoms with Crippen LogP contribution >= 0.6 is 23.1 Å². The zero-order valence-electron chi connectivity index (χ0n) is 26.4. The number of Topliss-reactive ketones (excluding diaryl/α,β-unsaturated/α-hetero) is 1. The Morgan fingerprint density at radius 3 is 2.37 bits per heavy atom. The van der Waals surface area contributed by atoms with Crippen molar-refractivity contribution in [2.45, 2.75) is 16.1 Å². The van der Waals surface area contributed by atoms with Gasteiger partial charge in [0.05, 0.1) is 25.8 Å². The van der Waals surface area contributed by atoms with Crippen LogP contribution in [0.15, 0.2) is 125 Å². The summed E-state index contributed by atoms with van der Waals surface area (Å²) in [4.78, 5) is 29.0. The van der Waals surface area contributed by atoms with Crippen molar-refractivity contribution >= 4 is 56.5 Å². The highest BCUT2D eigenvalue weighted by Gasteiger charge is 2.48. The number of ether oxygens (including phenoxy) is 3. The van der Waals surface area contributed by atoms with E-state index in [0.717, 1.165) is 16.3 Å². The average molecular weight is 688 g/mol. The molecule has 7 rings (SSSR count). The number of para-hydroxylation sites is 1. The average Bonchev–Trinajstić information content (AvgIpc) is 3.71. The van der Waals surface area contributed by atoms with E-state index in [4.69, 9.17) is 14.2 Å². The number of aliphatic hydroxyl groups excluding tert-OH is 1. The Hall–Kier alpha value is -5.65. The van der Waals surface area contributed by atoms with Crippen molar-refractivity contribution in [1.29, 1.82) is 0 Å². The topological polar surface area (TPSA) is 111 Å². The largest absolute Gasteiger partial charge is 0.507 e. The third-order valence-electron chi connectivity index (χ3n) is 8.09. The van der Waals surface area contributed by atoms with Crippen molar-refractivity contribution in [1.82, 2.24) is 10.2 Å². The molecule has 1 atom stereocenters. The number of ketones is 1. The number of hydrogen-bond donors (Lipinski definition) is 1. The normalized spacial score (nSPS) is 15.5. The van der Waals surface area contributed by atoms with Crippen molar-refractivity contribution in [2.75, 3.05) is 19.1 Å². The molecule has 1 aliphatic rings. The summed E-state index contributed by atoms with van der Waals surface area (Å²) < 4.78 is 17.5. The molecule has 0 spiro atoms. The first kappa shape index (κ1) is 31.9. The summed E-state index contributed by atoms with van der Waals surface area (Å²) in [6.07, 6.45) is 0. The number of amides is 1. The molecule has 1 N–H and O–H groups in total. The van der Waals surface area contributed by atoms with E-state index < -0.39 is 17.7 Å². The van der Waals surface area contributed by atoms with Gasteiger partial charge in [0.15, 0.2) is 15.8 Å². The molecular weight excluding hydrogens is 659 g/mol. The number of aromatic nitrogens is 2. The maximum absolute atomic E-state index is 13.9. The number of carbonyl (C=O) groups is 2. The lowest BCUT2D eigenvalue weighted by Crippen LogP contribution is -2.29. The smallest absolute Gasteiger partial charge is 0.301 e. The van der Waals surface area contributed by atoms with Crippen LogP contribution in [-0.4, -0.2) is 41.2 Å². The van der Waals surface area contributed by atoms with E-state index in [2.05, 4.69) is 34.5 Å². The maximum Gasteiger partial charge on any atom is 0.301 e. The van der Waals surface area contributed by atoms with Gasteiger partial charge in [0, 0.05) is 11.3 Å². The number of fused-ring (bicyclic) bond motifs is 1. The number of benzene rings is 5. The van der Waals surface area contributed by atoms with E-state index in [-0.39, 0.29) is 22.0 Å². The van der Waals surface area contributed by atoms with Gasteiger partial charge in [-0.2, -0.15) is 0 Å². The quantitative estimate of drug-likeness (QED) is 0.0499. The second kappa shape index (κ2) is 13.8. The van der Waals surface area contributed by atoms with E-state index in [0.29, 0.717) is 38.7 Å². The molecule has 5 aromatic carbocycles. The van der Waals surface area contributed by atoms with E-state index in [1.165, 1.54) is 42.2 Å². The van der Waals surface area contributed by atoms with E-state index >= 15 is 0 Å². The molecule has 6 aromatic rings. The van der Waals surface area contributed by atoms with Crippen LogP contribution in [0.2, 0.25) is 0 Å². The third kappa shape index (κ3) is 6.33. The van der Waals surface area contributed by atoms with Gasteiger partial charge in [-0.25, -0.2) is 0 Å². The number of anilines is 1. The molecule has 0 bridgehead atoms. The Labute approximate surface area is 290 Å². The first-order valence-corrected chi connectivity index (χ1v) is 17.0. The molecule has 9 nitrogen and oxygen atoms in total. The summed E-state index contributed by atoms with van der Waals surface area (Å²) in [7, 11) is 2.98. The fourth-order valence-electron chi connectivity index (χ4n) is 5.77. The van der Waals surface area contributed by atoms with Gasteiger partial charge in [0.25, 0.3) is 5.78 Å². The molecule has 0 aliphatic carbocycles. The summed E-state index contributed by atoms with van der Waals surface area (Å²) in [5.41, 5.74) is 1.86. The zero-order chi connectivity index (χ0) is 33.9. The van der Waals surface area contributed by atoms with Crippen LogP contribution in [0.5, 0.6) is 23.0 Å². The molecular formula is C38H29N3O6S2. The fraction of sp³-hybridized carbons (Fsp3) is 0.105. The van der Waals surface area contributed by atoms with Crippen LogP contribution in [0, 0.1) is 0 Å². The van der Waals surface area contributed by atoms with Gasteiger partial charge in [-0.05, 0) is 64.4 Å². The van der Waals surface area contributed by atoms with Crippen LogP contribution in [0.3, 0.4) is 0 Å². The van der Waals surface area contributed by atoms with Crippen molar-refractivity contribution in [3.8, 4) is 23.0 Å². The Bertz CT molecular complexity index is 2210. The second-order valence-electron chi connectivity index (χ2n) is 11.0. The van der Waals surface area contributed by atoms with Crippen molar-refractivity contribution in [3.05, 3.63) is 138 Å². The molecule has 1 unspecified atom stereocenters. The fourth-order valence-corrected chi connectivity index (χ4v) is 7.64. The molecule has 49 heavy (non-hydrogen) atoms. The third-order valence-corrected chi connectivity index (χ3v) is 10.2. The van der Waals surface area contributed by atoms with E-state index in [9.17, 15) is 14.7 Å². The minimum atomic E-state index is -1.03. The van der Waals surface area contributed by atoms with Gasteiger partial charge in [0.2, 0.25) is 5.13 Å². The minimum Gasteiger partial charge on any atom is -0.507 e. The molecule has 2 heterocycles. The molecule has 0 radical (unpaired) electrons. The first-order valence-electron chi connectivity index (χ1n) is 15.2. The summed E-state index contributed by atoms with van der Waals surface area (Å²) >= 11 is 2.71. The van der Waals surface area contributed by atoms with Gasteiger partial charge < -0.3 is 19.3 Å². The van der Waals surface area contributed by atoms with Crippen molar-refractivity contribution in [2.24, 2.45) is 0 Å². The standard InChI is InChI=1S/C38H29N3O6S2/c1-45-30-19-18-25(21-31(30)46-2)34(42)32-33(24-12-9-16-28(20-24)47-27-14-4-3-5-15-27)41(36(44)35(32)43)37-39-40-38(49-37)48-22-26-13-8-11-23-10-6-7-17-29(23)26/h3-21,33,42H,22H2,1-2H3/b34-32-. The summed E-state index contributed by atoms with van der Waals surface area (Å²) in [6.45, 7) is 0.